The van der Waals surface area contributed by atoms with Crippen LogP contribution in [0.25, 0.3) is 0 Å². The van der Waals surface area contributed by atoms with Gasteiger partial charge in [-0.3, -0.25) is 14.2 Å². The molecule has 0 unspecified atom stereocenters. The average Bonchev–Trinajstić information content (AvgIpc) is 3.29. The maximum absolute atomic E-state index is 12.1. The quantitative estimate of drug-likeness (QED) is 0.651. The van der Waals surface area contributed by atoms with Gasteiger partial charge in [0.25, 0.3) is 0 Å². The van der Waals surface area contributed by atoms with Gasteiger partial charge in [0, 0.05) is 30.7 Å². The molecule has 0 aliphatic rings. The smallest absolute Gasteiger partial charge is 0.354 e. The molecule has 0 radical (unpaired) electrons. The largest absolute Gasteiger partial charge is 0.477 e. The predicted molar refractivity (Wildman–Crippen MR) is 91.8 cm³/mol. The minimum absolute atomic E-state index is 0.0424. The maximum atomic E-state index is 12.1. The van der Waals surface area contributed by atoms with Gasteiger partial charge < -0.3 is 10.4 Å². The molecule has 0 aromatic carbocycles. The Bertz CT molecular complexity index is 937. The van der Waals surface area contributed by atoms with Gasteiger partial charge in [0.05, 0.1) is 24.1 Å². The lowest BCUT2D eigenvalue weighted by Crippen LogP contribution is -2.22. The number of carboxylic acids is 1. The molecule has 0 fully saturated rings. The highest BCUT2D eigenvalue weighted by atomic mass is 16.4. The first-order valence-electron chi connectivity index (χ1n) is 8.06. The van der Waals surface area contributed by atoms with Gasteiger partial charge in [-0.1, -0.05) is 0 Å². The standard InChI is InChI=1S/C16H19N7O3/c1-3-21-7-12(11(2)20-21)8-22-9-13(6-18-22)19-15(24)10-23-14(16(25)26)4-5-17-23/h4-7,9H,3,8,10H2,1-2H3,(H,19,24)(H,25,26). The summed E-state index contributed by atoms with van der Waals surface area (Å²) in [6, 6.07) is 1.34. The monoisotopic (exact) mass is 357 g/mol. The molecule has 0 spiro atoms. The van der Waals surface area contributed by atoms with Crippen LogP contribution in [0.1, 0.15) is 28.7 Å². The predicted octanol–water partition coefficient (Wildman–Crippen LogP) is 0.990. The van der Waals surface area contributed by atoms with Gasteiger partial charge in [0.15, 0.2) is 0 Å². The summed E-state index contributed by atoms with van der Waals surface area (Å²) in [5.74, 6) is -1.52. The molecule has 1 amide bonds. The summed E-state index contributed by atoms with van der Waals surface area (Å²) >= 11 is 0. The van der Waals surface area contributed by atoms with Crippen molar-refractivity contribution in [1.82, 2.24) is 29.3 Å². The molecule has 3 heterocycles. The molecule has 0 saturated carbocycles. The van der Waals surface area contributed by atoms with Crippen molar-refractivity contribution in [3.05, 3.63) is 47.8 Å². The number of aromatic carboxylic acids is 1. The zero-order chi connectivity index (χ0) is 18.7. The number of hydrogen-bond donors (Lipinski definition) is 2. The van der Waals surface area contributed by atoms with E-state index in [9.17, 15) is 9.59 Å². The van der Waals surface area contributed by atoms with Gasteiger partial charge in [-0.25, -0.2) is 9.48 Å². The van der Waals surface area contributed by atoms with E-state index < -0.39 is 5.97 Å². The highest BCUT2D eigenvalue weighted by Gasteiger charge is 2.14. The molecule has 2 N–H and O–H groups in total. The number of nitrogens with one attached hydrogen (secondary N) is 1. The van der Waals surface area contributed by atoms with Crippen LogP contribution >= 0.6 is 0 Å². The molecule has 3 aromatic rings. The Hall–Kier alpha value is -3.43. The van der Waals surface area contributed by atoms with Crippen LogP contribution in [0.3, 0.4) is 0 Å². The highest BCUT2D eigenvalue weighted by Crippen LogP contribution is 2.11. The second-order valence-electron chi connectivity index (χ2n) is 5.75. The third kappa shape index (κ3) is 3.79. The van der Waals surface area contributed by atoms with E-state index in [1.54, 1.807) is 17.1 Å². The van der Waals surface area contributed by atoms with Crippen molar-refractivity contribution in [3.63, 3.8) is 0 Å². The fraction of sp³-hybridized carbons (Fsp3) is 0.312. The summed E-state index contributed by atoms with van der Waals surface area (Å²) < 4.78 is 4.70. The number of amides is 1. The number of rotatable bonds is 7. The first-order chi connectivity index (χ1) is 12.5. The highest BCUT2D eigenvalue weighted by molar-refractivity contribution is 5.91. The van der Waals surface area contributed by atoms with Gasteiger partial charge in [-0.05, 0) is 19.9 Å². The first kappa shape index (κ1) is 17.4. The molecule has 10 nitrogen and oxygen atoms in total. The Morgan fingerprint density at radius 3 is 2.73 bits per heavy atom. The van der Waals surface area contributed by atoms with Gasteiger partial charge in [-0.2, -0.15) is 15.3 Å². The Kier molecular flexibility index (Phi) is 4.83. The van der Waals surface area contributed by atoms with Crippen molar-refractivity contribution >= 4 is 17.6 Å². The lowest BCUT2D eigenvalue weighted by atomic mass is 10.3. The molecule has 3 aromatic heterocycles. The third-order valence-corrected chi connectivity index (χ3v) is 3.85. The van der Waals surface area contributed by atoms with E-state index in [2.05, 4.69) is 20.6 Å². The molecule has 26 heavy (non-hydrogen) atoms. The number of anilines is 1. The third-order valence-electron chi connectivity index (χ3n) is 3.85. The zero-order valence-corrected chi connectivity index (χ0v) is 14.5. The summed E-state index contributed by atoms with van der Waals surface area (Å²) in [5, 5.41) is 24.2. The molecular weight excluding hydrogens is 338 g/mol. The number of carboxylic acid groups (broad SMARTS) is 1. The van der Waals surface area contributed by atoms with Crippen molar-refractivity contribution in [3.8, 4) is 0 Å². The van der Waals surface area contributed by atoms with Crippen LogP contribution in [0, 0.1) is 6.92 Å². The number of carbonyl (C=O) groups is 2. The number of carbonyl (C=O) groups excluding carboxylic acids is 1. The Morgan fingerprint density at radius 2 is 2.04 bits per heavy atom. The molecule has 0 aliphatic carbocycles. The van der Waals surface area contributed by atoms with Crippen molar-refractivity contribution < 1.29 is 14.7 Å². The Balaban J connectivity index is 1.62. The van der Waals surface area contributed by atoms with E-state index in [0.717, 1.165) is 22.5 Å². The molecule has 0 saturated heterocycles. The SMILES string of the molecule is CCn1cc(Cn2cc(NC(=O)Cn3nccc3C(=O)O)cn2)c(C)n1. The van der Waals surface area contributed by atoms with Gasteiger partial charge >= 0.3 is 5.97 Å². The van der Waals surface area contributed by atoms with Crippen LogP contribution in [0.2, 0.25) is 0 Å². The first-order valence-corrected chi connectivity index (χ1v) is 8.06. The van der Waals surface area contributed by atoms with Gasteiger partial charge in [0.2, 0.25) is 5.91 Å². The second-order valence-corrected chi connectivity index (χ2v) is 5.75. The van der Waals surface area contributed by atoms with E-state index in [1.807, 2.05) is 24.7 Å². The minimum Gasteiger partial charge on any atom is -0.477 e. The van der Waals surface area contributed by atoms with Crippen LogP contribution in [0.5, 0.6) is 0 Å². The molecule has 10 heteroatoms. The summed E-state index contributed by atoms with van der Waals surface area (Å²) in [7, 11) is 0. The fourth-order valence-electron chi connectivity index (χ4n) is 2.54. The maximum Gasteiger partial charge on any atom is 0.354 e. The van der Waals surface area contributed by atoms with Crippen LogP contribution < -0.4 is 5.32 Å². The summed E-state index contributed by atoms with van der Waals surface area (Å²) in [5.41, 5.74) is 2.47. The lowest BCUT2D eigenvalue weighted by Gasteiger charge is -2.05. The van der Waals surface area contributed by atoms with Crippen molar-refractivity contribution in [2.75, 3.05) is 5.32 Å². The van der Waals surface area contributed by atoms with Crippen LogP contribution in [0.4, 0.5) is 5.69 Å². The average molecular weight is 357 g/mol. The van der Waals surface area contributed by atoms with E-state index in [-0.39, 0.29) is 18.1 Å². The van der Waals surface area contributed by atoms with E-state index in [1.165, 1.54) is 12.3 Å². The fourth-order valence-corrected chi connectivity index (χ4v) is 2.54. The molecule has 136 valence electrons. The lowest BCUT2D eigenvalue weighted by molar-refractivity contribution is -0.116. The molecule has 0 atom stereocenters. The Labute approximate surface area is 149 Å². The van der Waals surface area contributed by atoms with E-state index >= 15 is 0 Å². The van der Waals surface area contributed by atoms with Crippen LogP contribution in [-0.4, -0.2) is 46.3 Å². The molecule has 0 bridgehead atoms. The number of aryl methyl sites for hydroxylation is 2. The van der Waals surface area contributed by atoms with Crippen molar-refractivity contribution in [1.29, 1.82) is 0 Å². The number of nitrogens with zero attached hydrogens (tertiary/aromatic N) is 6. The Morgan fingerprint density at radius 1 is 1.23 bits per heavy atom. The van der Waals surface area contributed by atoms with Crippen molar-refractivity contribution in [2.24, 2.45) is 0 Å². The van der Waals surface area contributed by atoms with E-state index in [0.29, 0.717) is 12.2 Å². The van der Waals surface area contributed by atoms with Crippen LogP contribution in [-0.2, 0) is 24.4 Å². The second kappa shape index (κ2) is 7.21. The molecule has 0 aliphatic heterocycles. The topological polar surface area (TPSA) is 120 Å². The van der Waals surface area contributed by atoms with Crippen molar-refractivity contribution in [2.45, 2.75) is 33.5 Å². The molecule has 3 rings (SSSR count). The normalized spacial score (nSPS) is 10.8. The summed E-state index contributed by atoms with van der Waals surface area (Å²) in [6.07, 6.45) is 6.56. The summed E-state index contributed by atoms with van der Waals surface area (Å²) in [6.45, 7) is 5.12. The van der Waals surface area contributed by atoms with Gasteiger partial charge in [0.1, 0.15) is 12.2 Å². The number of aromatic nitrogens is 6. The van der Waals surface area contributed by atoms with Crippen LogP contribution in [0.15, 0.2) is 30.9 Å². The zero-order valence-electron chi connectivity index (χ0n) is 14.5. The minimum atomic E-state index is -1.13. The van der Waals surface area contributed by atoms with E-state index in [4.69, 9.17) is 5.11 Å². The molecular formula is C16H19N7O3. The number of hydrogen-bond acceptors (Lipinski definition) is 5. The summed E-state index contributed by atoms with van der Waals surface area (Å²) in [4.78, 5) is 23.1. The van der Waals surface area contributed by atoms with Gasteiger partial charge in [-0.15, -0.1) is 0 Å².